The molecule has 2 aromatic rings. The lowest BCUT2D eigenvalue weighted by molar-refractivity contribution is -0.154. The van der Waals surface area contributed by atoms with E-state index in [9.17, 15) is 13.2 Å². The molecule has 0 amide bonds. The van der Waals surface area contributed by atoms with Crippen molar-refractivity contribution in [1.82, 2.24) is 4.98 Å². The standard InChI is InChI=1S/C15H15F3N4O/c16-15(17,18)10-23-13-8-11(6-7-20-13)9-21-14(19)22-12-4-2-1-3-5-12/h1-8H,9-10H2,(H3,19,21,22). The number of aromatic nitrogens is 1. The van der Waals surface area contributed by atoms with Crippen LogP contribution in [-0.4, -0.2) is 23.7 Å². The van der Waals surface area contributed by atoms with Crippen LogP contribution in [0.4, 0.5) is 18.9 Å². The van der Waals surface area contributed by atoms with Gasteiger partial charge in [0, 0.05) is 18.0 Å². The summed E-state index contributed by atoms with van der Waals surface area (Å²) >= 11 is 0. The Hall–Kier alpha value is -2.77. The van der Waals surface area contributed by atoms with Crippen LogP contribution in [0.5, 0.6) is 5.88 Å². The van der Waals surface area contributed by atoms with Crippen LogP contribution in [0, 0.1) is 0 Å². The second-order valence-electron chi connectivity index (χ2n) is 4.60. The number of nitrogens with two attached hydrogens (primary N) is 1. The summed E-state index contributed by atoms with van der Waals surface area (Å²) in [5.41, 5.74) is 7.17. The molecule has 0 saturated carbocycles. The fourth-order valence-corrected chi connectivity index (χ4v) is 1.67. The van der Waals surface area contributed by atoms with Crippen molar-refractivity contribution in [2.24, 2.45) is 10.7 Å². The second-order valence-corrected chi connectivity index (χ2v) is 4.60. The number of guanidine groups is 1. The van der Waals surface area contributed by atoms with Gasteiger partial charge < -0.3 is 15.8 Å². The van der Waals surface area contributed by atoms with Crippen LogP contribution in [0.1, 0.15) is 5.56 Å². The Morgan fingerprint density at radius 1 is 1.22 bits per heavy atom. The van der Waals surface area contributed by atoms with E-state index in [1.807, 2.05) is 30.3 Å². The number of nitrogens with zero attached hydrogens (tertiary/aromatic N) is 2. The van der Waals surface area contributed by atoms with Gasteiger partial charge in [-0.05, 0) is 23.8 Å². The Bertz CT molecular complexity index is 659. The summed E-state index contributed by atoms with van der Waals surface area (Å²) in [5.74, 6) is 0.0930. The van der Waals surface area contributed by atoms with E-state index in [-0.39, 0.29) is 18.4 Å². The zero-order valence-corrected chi connectivity index (χ0v) is 12.0. The number of hydrogen-bond acceptors (Lipinski definition) is 3. The first-order chi connectivity index (χ1) is 10.9. The van der Waals surface area contributed by atoms with Gasteiger partial charge in [0.25, 0.3) is 0 Å². The lowest BCUT2D eigenvalue weighted by Crippen LogP contribution is -2.22. The molecule has 0 aliphatic heterocycles. The quantitative estimate of drug-likeness (QED) is 0.655. The predicted octanol–water partition coefficient (Wildman–Crippen LogP) is 2.95. The molecule has 5 nitrogen and oxygen atoms in total. The maximum Gasteiger partial charge on any atom is 0.422 e. The van der Waals surface area contributed by atoms with Crippen LogP contribution in [0.3, 0.4) is 0 Å². The molecule has 0 fully saturated rings. The van der Waals surface area contributed by atoms with Crippen molar-refractivity contribution in [3.8, 4) is 5.88 Å². The van der Waals surface area contributed by atoms with E-state index in [1.54, 1.807) is 6.07 Å². The molecule has 3 N–H and O–H groups in total. The van der Waals surface area contributed by atoms with Crippen molar-refractivity contribution < 1.29 is 17.9 Å². The van der Waals surface area contributed by atoms with Crippen LogP contribution in [0.2, 0.25) is 0 Å². The van der Waals surface area contributed by atoms with Gasteiger partial charge in [-0.25, -0.2) is 9.98 Å². The van der Waals surface area contributed by atoms with Crippen molar-refractivity contribution in [2.75, 3.05) is 11.9 Å². The number of rotatable bonds is 5. The SMILES string of the molecule is NC(=NCc1ccnc(OCC(F)(F)F)c1)Nc1ccccc1. The van der Waals surface area contributed by atoms with Crippen molar-refractivity contribution in [2.45, 2.75) is 12.7 Å². The first kappa shape index (κ1) is 16.6. The third kappa shape index (κ3) is 6.25. The number of ether oxygens (including phenoxy) is 1. The molecule has 0 unspecified atom stereocenters. The lowest BCUT2D eigenvalue weighted by atomic mass is 10.3. The number of halogens is 3. The summed E-state index contributed by atoms with van der Waals surface area (Å²) in [6.07, 6.45) is -3.04. The molecule has 0 bridgehead atoms. The molecule has 0 aliphatic rings. The Labute approximate surface area is 131 Å². The third-order valence-corrected chi connectivity index (χ3v) is 2.66. The van der Waals surface area contributed by atoms with Gasteiger partial charge >= 0.3 is 6.18 Å². The number of nitrogens with one attached hydrogen (secondary N) is 1. The van der Waals surface area contributed by atoms with Gasteiger partial charge in [-0.2, -0.15) is 13.2 Å². The van der Waals surface area contributed by atoms with Gasteiger partial charge in [0.1, 0.15) is 0 Å². The molecule has 0 radical (unpaired) electrons. The van der Waals surface area contributed by atoms with Crippen LogP contribution in [0.25, 0.3) is 0 Å². The van der Waals surface area contributed by atoms with Crippen molar-refractivity contribution in [3.63, 3.8) is 0 Å². The van der Waals surface area contributed by atoms with E-state index >= 15 is 0 Å². The lowest BCUT2D eigenvalue weighted by Gasteiger charge is -2.09. The molecule has 0 saturated heterocycles. The summed E-state index contributed by atoms with van der Waals surface area (Å²) < 4.78 is 40.9. The highest BCUT2D eigenvalue weighted by molar-refractivity contribution is 5.92. The Morgan fingerprint density at radius 3 is 2.65 bits per heavy atom. The van der Waals surface area contributed by atoms with E-state index in [0.29, 0.717) is 5.56 Å². The normalized spacial score (nSPS) is 12.0. The van der Waals surface area contributed by atoms with Crippen LogP contribution in [0.15, 0.2) is 53.7 Å². The number of alkyl halides is 3. The average Bonchev–Trinajstić information content (AvgIpc) is 2.52. The smallest absolute Gasteiger partial charge is 0.422 e. The van der Waals surface area contributed by atoms with Crippen molar-refractivity contribution in [1.29, 1.82) is 0 Å². The highest BCUT2D eigenvalue weighted by Gasteiger charge is 2.28. The van der Waals surface area contributed by atoms with Gasteiger partial charge in [0.15, 0.2) is 12.6 Å². The molecule has 1 heterocycles. The summed E-state index contributed by atoms with van der Waals surface area (Å²) in [6, 6.07) is 12.3. The topological polar surface area (TPSA) is 72.5 Å². The highest BCUT2D eigenvalue weighted by atomic mass is 19.4. The van der Waals surface area contributed by atoms with E-state index < -0.39 is 12.8 Å². The summed E-state index contributed by atoms with van der Waals surface area (Å²) in [7, 11) is 0. The first-order valence-corrected chi connectivity index (χ1v) is 6.69. The van der Waals surface area contributed by atoms with Crippen LogP contribution >= 0.6 is 0 Å². The Kier molecular flexibility index (Phi) is 5.40. The number of anilines is 1. The molecular weight excluding hydrogens is 309 g/mol. The van der Waals surface area contributed by atoms with E-state index in [4.69, 9.17) is 5.73 Å². The summed E-state index contributed by atoms with van der Waals surface area (Å²) in [4.78, 5) is 7.84. The molecule has 0 aliphatic carbocycles. The van der Waals surface area contributed by atoms with Gasteiger partial charge in [0.2, 0.25) is 5.88 Å². The largest absolute Gasteiger partial charge is 0.468 e. The fourth-order valence-electron chi connectivity index (χ4n) is 1.67. The van der Waals surface area contributed by atoms with Crippen molar-refractivity contribution in [3.05, 3.63) is 54.2 Å². The first-order valence-electron chi connectivity index (χ1n) is 6.69. The number of hydrogen-bond donors (Lipinski definition) is 2. The maximum absolute atomic E-state index is 12.1. The summed E-state index contributed by atoms with van der Waals surface area (Å²) in [5, 5.41) is 2.90. The number of para-hydroxylation sites is 1. The molecule has 2 rings (SSSR count). The van der Waals surface area contributed by atoms with E-state index in [0.717, 1.165) is 5.69 Å². The molecule has 8 heteroatoms. The molecule has 23 heavy (non-hydrogen) atoms. The third-order valence-electron chi connectivity index (χ3n) is 2.66. The number of pyridine rings is 1. The molecular formula is C15H15F3N4O. The minimum atomic E-state index is -4.40. The van der Waals surface area contributed by atoms with Crippen LogP contribution < -0.4 is 15.8 Å². The van der Waals surface area contributed by atoms with Gasteiger partial charge in [-0.1, -0.05) is 18.2 Å². The van der Waals surface area contributed by atoms with Gasteiger partial charge in [-0.15, -0.1) is 0 Å². The Balaban J connectivity index is 1.93. The van der Waals surface area contributed by atoms with Gasteiger partial charge in [0.05, 0.1) is 6.54 Å². The predicted molar refractivity (Wildman–Crippen MR) is 81.2 cm³/mol. The monoisotopic (exact) mass is 324 g/mol. The molecule has 0 atom stereocenters. The molecule has 1 aromatic carbocycles. The number of aliphatic imine (C=N–C) groups is 1. The average molecular weight is 324 g/mol. The van der Waals surface area contributed by atoms with E-state index in [2.05, 4.69) is 20.0 Å². The van der Waals surface area contributed by atoms with Gasteiger partial charge in [-0.3, -0.25) is 0 Å². The minimum absolute atomic E-state index is 0.107. The highest BCUT2D eigenvalue weighted by Crippen LogP contribution is 2.17. The second kappa shape index (κ2) is 7.48. The summed E-state index contributed by atoms with van der Waals surface area (Å²) in [6.45, 7) is -1.19. The van der Waals surface area contributed by atoms with Crippen LogP contribution in [-0.2, 0) is 6.54 Å². The zero-order chi connectivity index (χ0) is 16.7. The fraction of sp³-hybridized carbons (Fsp3) is 0.200. The minimum Gasteiger partial charge on any atom is -0.468 e. The van der Waals surface area contributed by atoms with E-state index in [1.165, 1.54) is 12.3 Å². The zero-order valence-electron chi connectivity index (χ0n) is 12.0. The molecule has 0 spiro atoms. The molecule has 122 valence electrons. The van der Waals surface area contributed by atoms with Crippen molar-refractivity contribution >= 4 is 11.6 Å². The maximum atomic E-state index is 12.1. The molecule has 1 aromatic heterocycles. The number of benzene rings is 1. The Morgan fingerprint density at radius 2 is 1.96 bits per heavy atom.